The van der Waals surface area contributed by atoms with Gasteiger partial charge in [-0.2, -0.15) is 0 Å². The standard InChI is InChI=1S/C22H22N2O2.ClH/c25-21(18-10-9-15-5-1-2-6-16(15)11-18)14-24-22(26)20-12-17-7-3-4-8-19(17)13-23-20;/h1-11,20-21,23,25H,12-14H2,(H,24,26);1H. The van der Waals surface area contributed by atoms with Crippen LogP contribution in [-0.4, -0.2) is 23.6 Å². The fourth-order valence-corrected chi connectivity index (χ4v) is 3.49. The Hall–Kier alpha value is -2.40. The molecule has 140 valence electrons. The zero-order chi connectivity index (χ0) is 17.9. The third-order valence-corrected chi connectivity index (χ3v) is 5.03. The smallest absolute Gasteiger partial charge is 0.237 e. The highest BCUT2D eigenvalue weighted by molar-refractivity contribution is 5.85. The summed E-state index contributed by atoms with van der Waals surface area (Å²) >= 11 is 0. The van der Waals surface area contributed by atoms with Gasteiger partial charge < -0.3 is 15.7 Å². The van der Waals surface area contributed by atoms with Crippen LogP contribution < -0.4 is 10.6 Å². The molecule has 0 saturated carbocycles. The first-order valence-electron chi connectivity index (χ1n) is 8.95. The maximum Gasteiger partial charge on any atom is 0.237 e. The minimum atomic E-state index is -0.723. The Kier molecular flexibility index (Phi) is 6.11. The largest absolute Gasteiger partial charge is 0.387 e. The molecule has 5 heteroatoms. The van der Waals surface area contributed by atoms with E-state index in [-0.39, 0.29) is 30.9 Å². The Labute approximate surface area is 165 Å². The molecule has 1 heterocycles. The van der Waals surface area contributed by atoms with Gasteiger partial charge in [0.15, 0.2) is 0 Å². The lowest BCUT2D eigenvalue weighted by atomic mass is 9.95. The Morgan fingerprint density at radius 1 is 1.04 bits per heavy atom. The van der Waals surface area contributed by atoms with Gasteiger partial charge in [0.1, 0.15) is 0 Å². The van der Waals surface area contributed by atoms with Crippen LogP contribution >= 0.6 is 12.4 Å². The maximum absolute atomic E-state index is 12.5. The average Bonchev–Trinajstić information content (AvgIpc) is 2.71. The second kappa shape index (κ2) is 8.53. The van der Waals surface area contributed by atoms with Gasteiger partial charge in [0, 0.05) is 13.1 Å². The third-order valence-electron chi connectivity index (χ3n) is 5.03. The van der Waals surface area contributed by atoms with Crippen molar-refractivity contribution in [2.24, 2.45) is 0 Å². The van der Waals surface area contributed by atoms with Crippen LogP contribution in [0.2, 0.25) is 0 Å². The number of aliphatic hydroxyl groups is 1. The molecule has 3 N–H and O–H groups in total. The second-order valence-electron chi connectivity index (χ2n) is 6.77. The monoisotopic (exact) mass is 382 g/mol. The summed E-state index contributed by atoms with van der Waals surface area (Å²) < 4.78 is 0. The van der Waals surface area contributed by atoms with Crippen molar-refractivity contribution in [3.05, 3.63) is 83.4 Å². The predicted molar refractivity (Wildman–Crippen MR) is 110 cm³/mol. The number of hydrogen-bond acceptors (Lipinski definition) is 3. The first-order chi connectivity index (χ1) is 12.7. The van der Waals surface area contributed by atoms with E-state index < -0.39 is 6.10 Å². The van der Waals surface area contributed by atoms with E-state index in [9.17, 15) is 9.90 Å². The topological polar surface area (TPSA) is 61.4 Å². The first-order valence-corrected chi connectivity index (χ1v) is 8.95. The Bertz CT molecular complexity index is 944. The maximum atomic E-state index is 12.5. The SMILES string of the molecule is Cl.O=C(NCC(O)c1ccc2ccccc2c1)C1Cc2ccccc2CN1. The van der Waals surface area contributed by atoms with Gasteiger partial charge in [0.05, 0.1) is 12.1 Å². The van der Waals surface area contributed by atoms with Crippen LogP contribution in [0.4, 0.5) is 0 Å². The van der Waals surface area contributed by atoms with E-state index in [0.29, 0.717) is 13.0 Å². The molecule has 0 fully saturated rings. The molecule has 0 aromatic heterocycles. The van der Waals surface area contributed by atoms with Crippen LogP contribution in [0.5, 0.6) is 0 Å². The van der Waals surface area contributed by atoms with Crippen molar-refractivity contribution in [2.75, 3.05) is 6.54 Å². The van der Waals surface area contributed by atoms with E-state index in [1.807, 2.05) is 54.6 Å². The van der Waals surface area contributed by atoms with Crippen LogP contribution in [0.25, 0.3) is 10.8 Å². The van der Waals surface area contributed by atoms with Gasteiger partial charge in [0.25, 0.3) is 0 Å². The Morgan fingerprint density at radius 3 is 2.56 bits per heavy atom. The number of aliphatic hydroxyl groups excluding tert-OH is 1. The van der Waals surface area contributed by atoms with Gasteiger partial charge >= 0.3 is 0 Å². The van der Waals surface area contributed by atoms with Crippen LogP contribution in [0.15, 0.2) is 66.7 Å². The van der Waals surface area contributed by atoms with Gasteiger partial charge in [-0.25, -0.2) is 0 Å². The van der Waals surface area contributed by atoms with E-state index in [0.717, 1.165) is 16.3 Å². The highest BCUT2D eigenvalue weighted by Gasteiger charge is 2.24. The number of rotatable bonds is 4. The van der Waals surface area contributed by atoms with E-state index >= 15 is 0 Å². The van der Waals surface area contributed by atoms with Gasteiger partial charge in [-0.1, -0.05) is 60.7 Å². The van der Waals surface area contributed by atoms with Gasteiger partial charge in [-0.15, -0.1) is 12.4 Å². The van der Waals surface area contributed by atoms with Gasteiger partial charge in [-0.3, -0.25) is 4.79 Å². The average molecular weight is 383 g/mol. The molecule has 0 bridgehead atoms. The number of benzene rings is 3. The van der Waals surface area contributed by atoms with Gasteiger partial charge in [-0.05, 0) is 39.9 Å². The Balaban J connectivity index is 0.00000210. The molecule has 1 aliphatic rings. The lowest BCUT2D eigenvalue weighted by Crippen LogP contribution is -2.48. The minimum absolute atomic E-state index is 0. The molecule has 0 aliphatic carbocycles. The van der Waals surface area contributed by atoms with Crippen molar-refractivity contribution in [3.8, 4) is 0 Å². The molecule has 0 radical (unpaired) electrons. The molecule has 0 spiro atoms. The normalized spacial score (nSPS) is 16.9. The molecular weight excluding hydrogens is 360 g/mol. The molecule has 4 nitrogen and oxygen atoms in total. The molecule has 3 aromatic carbocycles. The minimum Gasteiger partial charge on any atom is -0.387 e. The highest BCUT2D eigenvalue weighted by atomic mass is 35.5. The summed E-state index contributed by atoms with van der Waals surface area (Å²) in [7, 11) is 0. The second-order valence-corrected chi connectivity index (χ2v) is 6.77. The van der Waals surface area contributed by atoms with E-state index in [1.165, 1.54) is 11.1 Å². The molecule has 1 aliphatic heterocycles. The number of carbonyl (C=O) groups excluding carboxylic acids is 1. The van der Waals surface area contributed by atoms with Crippen molar-refractivity contribution in [1.82, 2.24) is 10.6 Å². The zero-order valence-corrected chi connectivity index (χ0v) is 15.7. The number of halogens is 1. The van der Waals surface area contributed by atoms with Gasteiger partial charge in [0.2, 0.25) is 5.91 Å². The van der Waals surface area contributed by atoms with Crippen molar-refractivity contribution < 1.29 is 9.90 Å². The van der Waals surface area contributed by atoms with E-state index in [2.05, 4.69) is 22.8 Å². The van der Waals surface area contributed by atoms with Crippen LogP contribution in [0, 0.1) is 0 Å². The predicted octanol–water partition coefficient (Wildman–Crippen LogP) is 3.13. The lowest BCUT2D eigenvalue weighted by molar-refractivity contribution is -0.123. The quantitative estimate of drug-likeness (QED) is 0.649. The molecule has 1 amide bonds. The van der Waals surface area contributed by atoms with Crippen molar-refractivity contribution in [1.29, 1.82) is 0 Å². The summed E-state index contributed by atoms with van der Waals surface area (Å²) in [5.74, 6) is -0.0701. The summed E-state index contributed by atoms with van der Waals surface area (Å²) in [6.07, 6.45) is -0.0481. The number of nitrogens with one attached hydrogen (secondary N) is 2. The molecular formula is C22H23ClN2O2. The van der Waals surface area contributed by atoms with Crippen molar-refractivity contribution in [2.45, 2.75) is 25.1 Å². The fourth-order valence-electron chi connectivity index (χ4n) is 3.49. The molecule has 27 heavy (non-hydrogen) atoms. The number of hydrogen-bond donors (Lipinski definition) is 3. The summed E-state index contributed by atoms with van der Waals surface area (Å²) in [5.41, 5.74) is 3.26. The van der Waals surface area contributed by atoms with E-state index in [4.69, 9.17) is 0 Å². The molecule has 2 unspecified atom stereocenters. The zero-order valence-electron chi connectivity index (χ0n) is 14.9. The summed E-state index contributed by atoms with van der Waals surface area (Å²) in [5, 5.41) is 18.8. The fraction of sp³-hybridized carbons (Fsp3) is 0.227. The van der Waals surface area contributed by atoms with Crippen LogP contribution in [0.1, 0.15) is 22.8 Å². The summed E-state index contributed by atoms with van der Waals surface area (Å²) in [6.45, 7) is 0.901. The van der Waals surface area contributed by atoms with Crippen LogP contribution in [0.3, 0.4) is 0 Å². The number of amides is 1. The molecule has 2 atom stereocenters. The number of fused-ring (bicyclic) bond motifs is 2. The molecule has 3 aromatic rings. The molecule has 0 saturated heterocycles. The molecule has 4 rings (SSSR count). The lowest BCUT2D eigenvalue weighted by Gasteiger charge is -2.25. The third kappa shape index (κ3) is 4.30. The Morgan fingerprint density at radius 2 is 1.74 bits per heavy atom. The van der Waals surface area contributed by atoms with E-state index in [1.54, 1.807) is 0 Å². The summed E-state index contributed by atoms with van der Waals surface area (Å²) in [6, 6.07) is 21.8. The number of carbonyl (C=O) groups is 1. The van der Waals surface area contributed by atoms with Crippen LogP contribution in [-0.2, 0) is 17.8 Å². The highest BCUT2D eigenvalue weighted by Crippen LogP contribution is 2.20. The van der Waals surface area contributed by atoms with Crippen molar-refractivity contribution >= 4 is 29.1 Å². The van der Waals surface area contributed by atoms with Crippen molar-refractivity contribution in [3.63, 3.8) is 0 Å². The summed E-state index contributed by atoms with van der Waals surface area (Å²) in [4.78, 5) is 12.5. The first kappa shape index (κ1) is 19.4.